The predicted molar refractivity (Wildman–Crippen MR) is 95.6 cm³/mol. The first-order valence-electron chi connectivity index (χ1n) is 8.37. The molecule has 1 fully saturated rings. The number of hydrogen-bond donors (Lipinski definition) is 0. The number of hydrogen-bond acceptors (Lipinski definition) is 3. The molecule has 0 radical (unpaired) electrons. The van der Waals surface area contributed by atoms with Gasteiger partial charge < -0.3 is 0 Å². The summed E-state index contributed by atoms with van der Waals surface area (Å²) in [5.41, 5.74) is 3.02. The number of nitrogens with zero attached hydrogens (tertiary/aromatic N) is 2. The average molecular weight is 342 g/mol. The Morgan fingerprint density at radius 3 is 2.50 bits per heavy atom. The molecule has 2 atom stereocenters. The molecule has 2 aromatic rings. The van der Waals surface area contributed by atoms with Gasteiger partial charge in [0, 0.05) is 12.6 Å². The number of aryl methyl sites for hydroxylation is 1. The van der Waals surface area contributed by atoms with E-state index in [4.69, 9.17) is 0 Å². The molecule has 0 unspecified atom stereocenters. The van der Waals surface area contributed by atoms with Crippen molar-refractivity contribution in [1.82, 2.24) is 4.90 Å². The van der Waals surface area contributed by atoms with Gasteiger partial charge in [0.15, 0.2) is 0 Å². The van der Waals surface area contributed by atoms with Crippen LogP contribution >= 0.6 is 0 Å². The summed E-state index contributed by atoms with van der Waals surface area (Å²) in [4.78, 5) is 2.71. The molecule has 4 nitrogen and oxygen atoms in total. The van der Waals surface area contributed by atoms with Gasteiger partial charge >= 0.3 is 0 Å². The Kier molecular flexibility index (Phi) is 3.66. The third-order valence-corrected chi connectivity index (χ3v) is 7.10. The molecule has 0 aliphatic carbocycles. The molecule has 0 N–H and O–H groups in total. The van der Waals surface area contributed by atoms with Crippen LogP contribution in [0.5, 0.6) is 0 Å². The van der Waals surface area contributed by atoms with E-state index in [1.54, 1.807) is 16.4 Å². The topological polar surface area (TPSA) is 40.6 Å². The van der Waals surface area contributed by atoms with Crippen LogP contribution in [0.1, 0.15) is 23.6 Å². The van der Waals surface area contributed by atoms with E-state index in [0.717, 1.165) is 29.8 Å². The Morgan fingerprint density at radius 2 is 1.75 bits per heavy atom. The highest BCUT2D eigenvalue weighted by atomic mass is 32.2. The summed E-state index contributed by atoms with van der Waals surface area (Å²) in [5, 5.41) is 0. The lowest BCUT2D eigenvalue weighted by Gasteiger charge is -2.39. The monoisotopic (exact) mass is 342 g/mol. The molecule has 4 rings (SSSR count). The smallest absolute Gasteiger partial charge is 0.264 e. The normalized spacial score (nSPS) is 23.8. The predicted octanol–water partition coefficient (Wildman–Crippen LogP) is 3.20. The molecule has 0 saturated carbocycles. The summed E-state index contributed by atoms with van der Waals surface area (Å²) in [6, 6.07) is 15.4. The molecule has 126 valence electrons. The molecule has 2 heterocycles. The second-order valence-electron chi connectivity index (χ2n) is 6.88. The third-order valence-electron chi connectivity index (χ3n) is 5.31. The number of para-hydroxylation sites is 1. The second-order valence-corrected chi connectivity index (χ2v) is 8.74. The molecular weight excluding hydrogens is 320 g/mol. The Balaban J connectivity index is 1.82. The van der Waals surface area contributed by atoms with Crippen LogP contribution in [0.3, 0.4) is 0 Å². The fourth-order valence-corrected chi connectivity index (χ4v) is 5.60. The zero-order chi connectivity index (χ0) is 16.9. The molecular formula is C19H22N2O2S. The Labute approximate surface area is 143 Å². The van der Waals surface area contributed by atoms with Gasteiger partial charge in [0.25, 0.3) is 10.0 Å². The second kappa shape index (κ2) is 5.60. The highest BCUT2D eigenvalue weighted by Crippen LogP contribution is 2.46. The van der Waals surface area contributed by atoms with Crippen LogP contribution < -0.4 is 4.31 Å². The van der Waals surface area contributed by atoms with Crippen molar-refractivity contribution >= 4 is 15.7 Å². The van der Waals surface area contributed by atoms with Crippen molar-refractivity contribution in [3.8, 4) is 0 Å². The highest BCUT2D eigenvalue weighted by Gasteiger charge is 2.43. The zero-order valence-electron chi connectivity index (χ0n) is 14.0. The summed E-state index contributed by atoms with van der Waals surface area (Å²) in [5.74, 6) is 0.352. The average Bonchev–Trinajstić information content (AvgIpc) is 2.96. The van der Waals surface area contributed by atoms with E-state index in [1.807, 2.05) is 37.3 Å². The molecule has 0 aromatic heterocycles. The number of sulfonamides is 1. The maximum atomic E-state index is 13.2. The lowest BCUT2D eigenvalue weighted by Crippen LogP contribution is -2.42. The van der Waals surface area contributed by atoms with Gasteiger partial charge in [-0.05, 0) is 56.6 Å². The maximum absolute atomic E-state index is 13.2. The minimum Gasteiger partial charge on any atom is -0.299 e. The summed E-state index contributed by atoms with van der Waals surface area (Å²) >= 11 is 0. The third kappa shape index (κ3) is 2.34. The molecule has 5 heteroatoms. The number of anilines is 1. The summed E-state index contributed by atoms with van der Waals surface area (Å²) in [6.45, 7) is 3.54. The molecule has 24 heavy (non-hydrogen) atoms. The van der Waals surface area contributed by atoms with E-state index in [2.05, 4.69) is 18.0 Å². The van der Waals surface area contributed by atoms with Crippen LogP contribution in [0.25, 0.3) is 0 Å². The van der Waals surface area contributed by atoms with Gasteiger partial charge in [-0.25, -0.2) is 8.42 Å². The fourth-order valence-electron chi connectivity index (χ4n) is 4.05. The van der Waals surface area contributed by atoms with Gasteiger partial charge in [-0.3, -0.25) is 9.21 Å². The van der Waals surface area contributed by atoms with Crippen molar-refractivity contribution < 1.29 is 8.42 Å². The first kappa shape index (κ1) is 15.7. The summed E-state index contributed by atoms with van der Waals surface area (Å²) in [6.07, 6.45) is 1.04. The number of benzene rings is 2. The first-order chi connectivity index (χ1) is 11.5. The molecule has 0 amide bonds. The molecule has 0 bridgehead atoms. The van der Waals surface area contributed by atoms with E-state index in [-0.39, 0.29) is 0 Å². The van der Waals surface area contributed by atoms with E-state index >= 15 is 0 Å². The molecule has 1 saturated heterocycles. The fraction of sp³-hybridized carbons (Fsp3) is 0.368. The van der Waals surface area contributed by atoms with Crippen LogP contribution in [-0.2, 0) is 10.0 Å². The lowest BCUT2D eigenvalue weighted by molar-refractivity contribution is 0.273. The molecule has 2 aliphatic heterocycles. The van der Waals surface area contributed by atoms with Crippen LogP contribution in [0.4, 0.5) is 5.69 Å². The van der Waals surface area contributed by atoms with Crippen molar-refractivity contribution in [2.75, 3.05) is 24.4 Å². The molecule has 2 aromatic carbocycles. The highest BCUT2D eigenvalue weighted by molar-refractivity contribution is 7.92. The number of likely N-dealkylation sites (tertiary alicyclic amines) is 1. The van der Waals surface area contributed by atoms with E-state index in [1.165, 1.54) is 0 Å². The van der Waals surface area contributed by atoms with Crippen LogP contribution in [0.2, 0.25) is 0 Å². The minimum atomic E-state index is -3.53. The first-order valence-corrected chi connectivity index (χ1v) is 9.81. The zero-order valence-corrected chi connectivity index (χ0v) is 14.8. The standard InChI is InChI=1S/C19H22N2O2S/c1-14-7-9-16(10-8-14)24(22,23)21-13-15-11-12-20(2)19(15)17-5-3-4-6-18(17)21/h3-10,15,19H,11-13H2,1-2H3/t15-,19-/m0/s1. The van der Waals surface area contributed by atoms with E-state index in [9.17, 15) is 8.42 Å². The van der Waals surface area contributed by atoms with Gasteiger partial charge in [0.05, 0.1) is 10.6 Å². The van der Waals surface area contributed by atoms with Crippen LogP contribution in [-0.4, -0.2) is 33.5 Å². The van der Waals surface area contributed by atoms with Crippen molar-refractivity contribution in [2.24, 2.45) is 5.92 Å². The van der Waals surface area contributed by atoms with Gasteiger partial charge in [-0.2, -0.15) is 0 Å². The summed E-state index contributed by atoms with van der Waals surface area (Å²) < 4.78 is 28.1. The lowest BCUT2D eigenvalue weighted by atomic mass is 9.89. The quantitative estimate of drug-likeness (QED) is 0.841. The van der Waals surface area contributed by atoms with Crippen molar-refractivity contribution in [1.29, 1.82) is 0 Å². The largest absolute Gasteiger partial charge is 0.299 e. The summed E-state index contributed by atoms with van der Waals surface area (Å²) in [7, 11) is -1.40. The number of fused-ring (bicyclic) bond motifs is 3. The van der Waals surface area contributed by atoms with Gasteiger partial charge in [0.1, 0.15) is 0 Å². The minimum absolute atomic E-state index is 0.325. The number of rotatable bonds is 2. The van der Waals surface area contributed by atoms with E-state index < -0.39 is 10.0 Å². The van der Waals surface area contributed by atoms with Crippen molar-refractivity contribution in [3.05, 3.63) is 59.7 Å². The van der Waals surface area contributed by atoms with Gasteiger partial charge in [-0.1, -0.05) is 35.9 Å². The SMILES string of the molecule is Cc1ccc(S(=O)(=O)N2C[C@@H]3CCN(C)[C@@H]3c3ccccc32)cc1. The van der Waals surface area contributed by atoms with Gasteiger partial charge in [0.2, 0.25) is 0 Å². The Morgan fingerprint density at radius 1 is 1.04 bits per heavy atom. The molecule has 0 spiro atoms. The maximum Gasteiger partial charge on any atom is 0.264 e. The van der Waals surface area contributed by atoms with Crippen LogP contribution in [0, 0.1) is 12.8 Å². The van der Waals surface area contributed by atoms with Crippen LogP contribution in [0.15, 0.2) is 53.4 Å². The van der Waals surface area contributed by atoms with Crippen molar-refractivity contribution in [3.63, 3.8) is 0 Å². The van der Waals surface area contributed by atoms with E-state index in [0.29, 0.717) is 23.4 Å². The molecule has 2 aliphatic rings. The van der Waals surface area contributed by atoms with Gasteiger partial charge in [-0.15, -0.1) is 0 Å². The Hall–Kier alpha value is -1.85. The van der Waals surface area contributed by atoms with Crippen molar-refractivity contribution in [2.45, 2.75) is 24.3 Å². The Bertz CT molecular complexity index is 861.